The van der Waals surface area contributed by atoms with Crippen molar-refractivity contribution in [3.05, 3.63) is 149 Å². The molecule has 0 unspecified atom stereocenters. The van der Waals surface area contributed by atoms with Gasteiger partial charge >= 0.3 is 224 Å². The van der Waals surface area contributed by atoms with Crippen LogP contribution in [0.15, 0.2) is 134 Å². The quantitative estimate of drug-likeness (QED) is 0.177. The van der Waals surface area contributed by atoms with Gasteiger partial charge in [-0.3, -0.25) is 0 Å². The van der Waals surface area contributed by atoms with Gasteiger partial charge in [0.15, 0.2) is 0 Å². The standard InChI is InChI=1S/C48H37N5O.Pt/c1-29-19-20-49-46(21-29)52-43-25-32(54-33-23-30(48(2,3)4)22-31(24-33)51-28-50(5)41-15-8-9-16-42(41)51)17-18-35(43)38-26-39-37-13-10-12-36-34-11-6-7-14-40(34)53(47(36)37)45(39)27-44(38)52;/h6-27H,1-5H3;/i5D3;. The van der Waals surface area contributed by atoms with E-state index < -0.39 is 6.98 Å². The van der Waals surface area contributed by atoms with Crippen molar-refractivity contribution in [2.24, 2.45) is 6.98 Å². The van der Waals surface area contributed by atoms with E-state index in [1.807, 2.05) is 53.2 Å². The van der Waals surface area contributed by atoms with Crippen LogP contribution >= 0.6 is 0 Å². The fourth-order valence-electron chi connectivity index (χ4n) is 8.58. The summed E-state index contributed by atoms with van der Waals surface area (Å²) in [6.07, 6.45) is 1.87. The number of fused-ring (bicyclic) bond motifs is 10. The number of aryl methyl sites for hydroxylation is 2. The molecule has 55 heavy (non-hydrogen) atoms. The summed E-state index contributed by atoms with van der Waals surface area (Å²) in [5.41, 5.74) is 9.90. The summed E-state index contributed by atoms with van der Waals surface area (Å²) in [6, 6.07) is 44.3. The number of aromatic nitrogens is 5. The minimum atomic E-state index is -2.35. The Balaban J connectivity index is 1.13. The molecular formula is C48H37N5OPt. The van der Waals surface area contributed by atoms with Crippen LogP contribution in [0.25, 0.3) is 82.4 Å². The zero-order valence-electron chi connectivity index (χ0n) is 33.7. The van der Waals surface area contributed by atoms with E-state index in [-0.39, 0.29) is 5.41 Å². The van der Waals surface area contributed by atoms with E-state index in [0.717, 1.165) is 55.5 Å². The van der Waals surface area contributed by atoms with Gasteiger partial charge < -0.3 is 4.40 Å². The van der Waals surface area contributed by atoms with Crippen molar-refractivity contribution in [2.45, 2.75) is 33.1 Å². The Hall–Kier alpha value is -5.97. The predicted molar refractivity (Wildman–Crippen MR) is 222 cm³/mol. The van der Waals surface area contributed by atoms with Gasteiger partial charge in [-0.1, -0.05) is 36.4 Å². The Morgan fingerprint density at radius 1 is 0.600 bits per heavy atom. The number of benzene rings is 6. The van der Waals surface area contributed by atoms with Crippen molar-refractivity contribution in [3.63, 3.8) is 0 Å². The fraction of sp³-hybridized carbons (Fsp3) is 0.125. The van der Waals surface area contributed by atoms with Crippen molar-refractivity contribution >= 4 is 70.9 Å². The van der Waals surface area contributed by atoms with Crippen LogP contribution in [0.2, 0.25) is 0 Å². The first-order valence-corrected chi connectivity index (χ1v) is 19.6. The Morgan fingerprint density at radius 3 is 2.11 bits per heavy atom. The third-order valence-electron chi connectivity index (χ3n) is 11.2. The fourth-order valence-corrected chi connectivity index (χ4v) is 9.42. The van der Waals surface area contributed by atoms with Crippen LogP contribution in [0, 0.1) is 10.7 Å². The summed E-state index contributed by atoms with van der Waals surface area (Å²) in [5.74, 6) is 2.18. The van der Waals surface area contributed by atoms with Crippen molar-refractivity contribution in [3.8, 4) is 23.0 Å². The average molecular weight is 898 g/mol. The summed E-state index contributed by atoms with van der Waals surface area (Å²) in [6.45, 7) is 6.27. The Bertz CT molecular complexity index is 3560. The average Bonchev–Trinajstić information content (AvgIpc) is 3.89. The summed E-state index contributed by atoms with van der Waals surface area (Å²) in [7, 11) is 0. The second-order valence-corrected chi connectivity index (χ2v) is 16.6. The molecule has 11 aromatic rings. The molecule has 270 valence electrons. The zero-order chi connectivity index (χ0) is 39.8. The summed E-state index contributed by atoms with van der Waals surface area (Å²) >= 11 is 2.13. The molecular weight excluding hydrogens is 858 g/mol. The monoisotopic (exact) mass is 897 g/mol. The molecule has 11 rings (SSSR count). The Morgan fingerprint density at radius 2 is 1.31 bits per heavy atom. The SMILES string of the molecule is [2H]C([2H])([2H])n1[c](=[Pt])n(-c2cc(Oc3ccc4c5cc6c7cccc8c9ccccc9n(c6cc5n(-c5cc(C)ccn5)c4c3)c87)cc(C(C)(C)C)c2)c2ccccc21. The second-order valence-electron chi connectivity index (χ2n) is 15.6. The molecule has 0 spiro atoms. The van der Waals surface area contributed by atoms with Crippen LogP contribution in [0.3, 0.4) is 0 Å². The molecule has 5 aromatic heterocycles. The van der Waals surface area contributed by atoms with E-state index >= 15 is 0 Å². The molecule has 0 saturated carbocycles. The normalized spacial score (nSPS) is 13.6. The van der Waals surface area contributed by atoms with Crippen LogP contribution in [0.1, 0.15) is 36.0 Å². The first kappa shape index (κ1) is 29.4. The first-order chi connectivity index (χ1) is 27.8. The molecule has 0 atom stereocenters. The van der Waals surface area contributed by atoms with Crippen LogP contribution in [-0.4, -0.2) is 23.1 Å². The Labute approximate surface area is 332 Å². The number of imidazole rings is 1. The van der Waals surface area contributed by atoms with E-state index in [1.54, 1.807) is 0 Å². The van der Waals surface area contributed by atoms with Gasteiger partial charge in [0.1, 0.15) is 0 Å². The van der Waals surface area contributed by atoms with Crippen LogP contribution in [0.4, 0.5) is 0 Å². The van der Waals surface area contributed by atoms with Crippen molar-refractivity contribution in [2.75, 3.05) is 0 Å². The maximum absolute atomic E-state index is 8.37. The van der Waals surface area contributed by atoms with Gasteiger partial charge in [0.05, 0.1) is 16.6 Å². The summed E-state index contributed by atoms with van der Waals surface area (Å²) in [5, 5.41) is 7.22. The van der Waals surface area contributed by atoms with Crippen molar-refractivity contribution in [1.82, 2.24) is 23.1 Å². The maximum atomic E-state index is 8.37. The number of hydrogen-bond acceptors (Lipinski definition) is 2. The predicted octanol–water partition coefficient (Wildman–Crippen LogP) is 12.1. The van der Waals surface area contributed by atoms with Crippen molar-refractivity contribution < 1.29 is 28.2 Å². The number of para-hydroxylation sites is 4. The van der Waals surface area contributed by atoms with E-state index in [0.29, 0.717) is 20.8 Å². The van der Waals surface area contributed by atoms with E-state index in [9.17, 15) is 0 Å². The van der Waals surface area contributed by atoms with Gasteiger partial charge in [-0.15, -0.1) is 0 Å². The molecule has 6 aromatic carbocycles. The number of nitrogens with zero attached hydrogens (tertiary/aromatic N) is 5. The van der Waals surface area contributed by atoms with E-state index in [4.69, 9.17) is 13.8 Å². The topological polar surface area (TPSA) is 41.3 Å². The summed E-state index contributed by atoms with van der Waals surface area (Å²) < 4.78 is 40.7. The molecule has 0 aliphatic rings. The Kier molecular flexibility index (Phi) is 6.16. The number of hydrogen-bond donors (Lipinski definition) is 0. The number of ether oxygens (including phenoxy) is 1. The van der Waals surface area contributed by atoms with Gasteiger partial charge in [0, 0.05) is 27.7 Å². The zero-order valence-corrected chi connectivity index (χ0v) is 32.9. The summed E-state index contributed by atoms with van der Waals surface area (Å²) in [4.78, 5) is 4.91. The van der Waals surface area contributed by atoms with Crippen LogP contribution in [0.5, 0.6) is 11.5 Å². The number of rotatable bonds is 4. The minimum absolute atomic E-state index is 0.217. The van der Waals surface area contributed by atoms with Crippen LogP contribution in [-0.2, 0) is 31.7 Å². The van der Waals surface area contributed by atoms with Gasteiger partial charge in [-0.05, 0) is 24.6 Å². The molecule has 0 aliphatic carbocycles. The van der Waals surface area contributed by atoms with Gasteiger partial charge in [-0.25, -0.2) is 0 Å². The molecule has 0 N–H and O–H groups in total. The first-order valence-electron chi connectivity index (χ1n) is 20.0. The van der Waals surface area contributed by atoms with E-state index in [2.05, 4.69) is 141 Å². The molecule has 5 heterocycles. The third kappa shape index (κ3) is 4.71. The molecule has 0 aliphatic heterocycles. The molecule has 6 nitrogen and oxygen atoms in total. The van der Waals surface area contributed by atoms with Gasteiger partial charge in [0.25, 0.3) is 0 Å². The second kappa shape index (κ2) is 11.5. The third-order valence-corrected chi connectivity index (χ3v) is 12.2. The van der Waals surface area contributed by atoms with Crippen LogP contribution < -0.4 is 4.74 Å². The molecule has 0 amide bonds. The van der Waals surface area contributed by atoms with Gasteiger partial charge in [0.2, 0.25) is 0 Å². The number of pyridine rings is 1. The molecule has 0 fully saturated rings. The van der Waals surface area contributed by atoms with Crippen molar-refractivity contribution in [1.29, 1.82) is 0 Å². The molecule has 0 saturated heterocycles. The van der Waals surface area contributed by atoms with Gasteiger partial charge in [-0.2, -0.15) is 0 Å². The molecule has 0 bridgehead atoms. The molecule has 7 heteroatoms. The van der Waals surface area contributed by atoms with E-state index in [1.165, 1.54) is 37.1 Å². The molecule has 0 radical (unpaired) electrons.